The summed E-state index contributed by atoms with van der Waals surface area (Å²) < 4.78 is 5.28. The first-order valence-electron chi connectivity index (χ1n) is 7.40. The lowest BCUT2D eigenvalue weighted by atomic mass is 10.1. The van der Waals surface area contributed by atoms with Crippen LogP contribution in [-0.2, 0) is 11.2 Å². The molecule has 2 aromatic carbocycles. The first kappa shape index (κ1) is 16.9. The second-order valence-electron chi connectivity index (χ2n) is 5.27. The zero-order valence-electron chi connectivity index (χ0n) is 13.0. The lowest BCUT2D eigenvalue weighted by molar-refractivity contribution is -0.129. The molecule has 1 aliphatic carbocycles. The zero-order valence-corrected chi connectivity index (χ0v) is 13.0. The predicted molar refractivity (Wildman–Crippen MR) is 89.3 cm³/mol. The van der Waals surface area contributed by atoms with Gasteiger partial charge in [-0.2, -0.15) is 0 Å². The van der Waals surface area contributed by atoms with Gasteiger partial charge < -0.3 is 14.9 Å². The van der Waals surface area contributed by atoms with E-state index in [0.717, 1.165) is 17.5 Å². The van der Waals surface area contributed by atoms with Gasteiger partial charge in [-0.1, -0.05) is 43.0 Å². The van der Waals surface area contributed by atoms with Crippen molar-refractivity contribution in [1.82, 2.24) is 0 Å². The maximum atomic E-state index is 11.3. The molecule has 120 valence electrons. The van der Waals surface area contributed by atoms with Gasteiger partial charge in [-0.05, 0) is 29.7 Å². The van der Waals surface area contributed by atoms with Crippen molar-refractivity contribution >= 4 is 5.97 Å². The summed E-state index contributed by atoms with van der Waals surface area (Å²) in [6.07, 6.45) is 1.43. The molecule has 4 heteroatoms. The highest BCUT2D eigenvalue weighted by Crippen LogP contribution is 2.40. The molecule has 0 amide bonds. The average molecular weight is 312 g/mol. The average Bonchev–Trinajstić information content (AvgIpc) is 2.95. The largest absolute Gasteiger partial charge is 0.423 e. The van der Waals surface area contributed by atoms with Crippen molar-refractivity contribution in [2.45, 2.75) is 19.4 Å². The van der Waals surface area contributed by atoms with E-state index in [2.05, 4.69) is 24.8 Å². The molecule has 0 spiro atoms. The number of carbonyl (C=O) groups is 1. The second kappa shape index (κ2) is 7.72. The maximum absolute atomic E-state index is 11.3. The first-order chi connectivity index (χ1) is 11.1. The third-order valence-corrected chi connectivity index (χ3v) is 3.45. The van der Waals surface area contributed by atoms with Crippen LogP contribution in [0.4, 0.5) is 0 Å². The van der Waals surface area contributed by atoms with Crippen molar-refractivity contribution in [3.63, 3.8) is 0 Å². The fraction of sp³-hybridized carbons (Fsp3) is 0.211. The fourth-order valence-corrected chi connectivity index (χ4v) is 2.37. The van der Waals surface area contributed by atoms with Crippen molar-refractivity contribution < 1.29 is 19.7 Å². The van der Waals surface area contributed by atoms with E-state index >= 15 is 0 Å². The molecule has 0 fully saturated rings. The molecular formula is C19H20O4. The molecule has 2 N–H and O–H groups in total. The molecule has 0 aliphatic heterocycles. The number of esters is 1. The summed E-state index contributed by atoms with van der Waals surface area (Å²) in [5.74, 6) is 0.216. The zero-order chi connectivity index (χ0) is 16.8. The Morgan fingerprint density at radius 3 is 2.57 bits per heavy atom. The summed E-state index contributed by atoms with van der Waals surface area (Å²) >= 11 is 0. The van der Waals surface area contributed by atoms with Gasteiger partial charge in [0.05, 0.1) is 12.7 Å². The third kappa shape index (κ3) is 4.06. The number of benzene rings is 2. The van der Waals surface area contributed by atoms with Crippen LogP contribution < -0.4 is 4.74 Å². The van der Waals surface area contributed by atoms with E-state index in [1.54, 1.807) is 0 Å². The van der Waals surface area contributed by atoms with Crippen molar-refractivity contribution in [2.75, 3.05) is 6.61 Å². The van der Waals surface area contributed by atoms with Crippen LogP contribution in [0.3, 0.4) is 0 Å². The second-order valence-corrected chi connectivity index (χ2v) is 5.27. The molecule has 1 aliphatic rings. The van der Waals surface area contributed by atoms with Crippen LogP contribution in [0, 0.1) is 0 Å². The summed E-state index contributed by atoms with van der Waals surface area (Å²) in [5, 5.41) is 16.0. The number of fused-ring (bicyclic) bond motifs is 3. The number of aliphatic hydroxyl groups excluding tert-OH is 2. The standard InChI is InChI=1S/C16H12O2.C3H8O2/c1-2-16(17)18-15-9-5-8-13-12-7-4-3-6-11(12)10-14(13)15;1-3(5)2-4/h2-9H,1,10H2;3-5H,2H2,1H3. The molecule has 0 radical (unpaired) electrons. The molecule has 3 rings (SSSR count). The number of carbonyl (C=O) groups excluding carboxylic acids is 1. The summed E-state index contributed by atoms with van der Waals surface area (Å²) in [6, 6.07) is 14.1. The van der Waals surface area contributed by atoms with Gasteiger partial charge in [0.2, 0.25) is 0 Å². The van der Waals surface area contributed by atoms with Gasteiger partial charge in [-0.3, -0.25) is 0 Å². The van der Waals surface area contributed by atoms with Crippen LogP contribution in [0.2, 0.25) is 0 Å². The smallest absolute Gasteiger partial charge is 0.335 e. The van der Waals surface area contributed by atoms with Crippen LogP contribution in [0.1, 0.15) is 18.1 Å². The number of hydrogen-bond donors (Lipinski definition) is 2. The molecule has 0 aromatic heterocycles. The van der Waals surface area contributed by atoms with Gasteiger partial charge >= 0.3 is 5.97 Å². The normalized spacial score (nSPS) is 12.3. The Hall–Kier alpha value is -2.43. The number of rotatable bonds is 3. The molecule has 2 aromatic rings. The molecule has 0 bridgehead atoms. The molecule has 23 heavy (non-hydrogen) atoms. The van der Waals surface area contributed by atoms with Gasteiger partial charge in [-0.25, -0.2) is 4.79 Å². The van der Waals surface area contributed by atoms with Gasteiger partial charge in [0.25, 0.3) is 0 Å². The van der Waals surface area contributed by atoms with Crippen molar-refractivity contribution in [3.05, 3.63) is 66.2 Å². The van der Waals surface area contributed by atoms with E-state index < -0.39 is 12.1 Å². The van der Waals surface area contributed by atoms with E-state index in [1.807, 2.05) is 24.3 Å². The van der Waals surface area contributed by atoms with Crippen LogP contribution in [0.5, 0.6) is 5.75 Å². The Kier molecular flexibility index (Phi) is 5.68. The minimum atomic E-state index is -0.560. The van der Waals surface area contributed by atoms with E-state index in [1.165, 1.54) is 24.1 Å². The minimum Gasteiger partial charge on any atom is -0.423 e. The van der Waals surface area contributed by atoms with Gasteiger partial charge in [0, 0.05) is 18.1 Å². The molecular weight excluding hydrogens is 292 g/mol. The Balaban J connectivity index is 0.000000338. The predicted octanol–water partition coefficient (Wildman–Crippen LogP) is 2.71. The molecule has 4 nitrogen and oxygen atoms in total. The van der Waals surface area contributed by atoms with Crippen molar-refractivity contribution in [3.8, 4) is 16.9 Å². The number of hydrogen-bond acceptors (Lipinski definition) is 4. The van der Waals surface area contributed by atoms with Gasteiger partial charge in [0.1, 0.15) is 5.75 Å². The van der Waals surface area contributed by atoms with E-state index in [4.69, 9.17) is 14.9 Å². The summed E-state index contributed by atoms with van der Waals surface area (Å²) in [6.45, 7) is 4.80. The lowest BCUT2D eigenvalue weighted by Crippen LogP contribution is -2.04. The summed E-state index contributed by atoms with van der Waals surface area (Å²) in [7, 11) is 0. The Labute approximate surface area is 135 Å². The van der Waals surface area contributed by atoms with E-state index in [9.17, 15) is 4.79 Å². The molecule has 0 saturated heterocycles. The fourth-order valence-electron chi connectivity index (χ4n) is 2.37. The van der Waals surface area contributed by atoms with E-state index in [0.29, 0.717) is 5.75 Å². The summed E-state index contributed by atoms with van der Waals surface area (Å²) in [5.41, 5.74) is 4.73. The van der Waals surface area contributed by atoms with Crippen molar-refractivity contribution in [2.24, 2.45) is 0 Å². The Bertz CT molecular complexity index is 704. The van der Waals surface area contributed by atoms with Crippen molar-refractivity contribution in [1.29, 1.82) is 0 Å². The first-order valence-corrected chi connectivity index (χ1v) is 7.40. The molecule has 0 heterocycles. The van der Waals surface area contributed by atoms with Crippen LogP contribution in [0.25, 0.3) is 11.1 Å². The van der Waals surface area contributed by atoms with Crippen LogP contribution in [-0.4, -0.2) is 28.9 Å². The number of aliphatic hydroxyl groups is 2. The SMILES string of the molecule is C=CC(=O)Oc1cccc2c1Cc1ccccc1-2.CC(O)CO. The molecule has 1 atom stereocenters. The lowest BCUT2D eigenvalue weighted by Gasteiger charge is -2.07. The molecule has 1 unspecified atom stereocenters. The van der Waals surface area contributed by atoms with E-state index in [-0.39, 0.29) is 6.61 Å². The quantitative estimate of drug-likeness (QED) is 0.443. The highest BCUT2D eigenvalue weighted by Gasteiger charge is 2.21. The number of ether oxygens (including phenoxy) is 1. The highest BCUT2D eigenvalue weighted by atomic mass is 16.5. The third-order valence-electron chi connectivity index (χ3n) is 3.45. The van der Waals surface area contributed by atoms with Crippen LogP contribution in [0.15, 0.2) is 55.1 Å². The van der Waals surface area contributed by atoms with Gasteiger partial charge in [-0.15, -0.1) is 0 Å². The topological polar surface area (TPSA) is 66.8 Å². The highest BCUT2D eigenvalue weighted by molar-refractivity contribution is 5.85. The minimum absolute atomic E-state index is 0.139. The summed E-state index contributed by atoms with van der Waals surface area (Å²) in [4.78, 5) is 11.3. The van der Waals surface area contributed by atoms with Crippen LogP contribution >= 0.6 is 0 Å². The monoisotopic (exact) mass is 312 g/mol. The Morgan fingerprint density at radius 2 is 1.91 bits per heavy atom. The molecule has 0 saturated carbocycles. The van der Waals surface area contributed by atoms with Gasteiger partial charge in [0.15, 0.2) is 0 Å². The maximum Gasteiger partial charge on any atom is 0.335 e. The Morgan fingerprint density at radius 1 is 1.26 bits per heavy atom.